The fourth-order valence-corrected chi connectivity index (χ4v) is 1.78. The van der Waals surface area contributed by atoms with Crippen LogP contribution in [0.4, 0.5) is 17.2 Å². The van der Waals surface area contributed by atoms with Gasteiger partial charge in [-0.1, -0.05) is 24.6 Å². The molecule has 0 aliphatic rings. The van der Waals surface area contributed by atoms with E-state index in [1.807, 2.05) is 32.0 Å². The highest BCUT2D eigenvalue weighted by molar-refractivity contribution is 6.31. The minimum absolute atomic E-state index is 0.387. The van der Waals surface area contributed by atoms with E-state index in [9.17, 15) is 0 Å². The van der Waals surface area contributed by atoms with Gasteiger partial charge in [-0.25, -0.2) is 4.98 Å². The zero-order valence-electron chi connectivity index (χ0n) is 11.5. The third kappa shape index (κ3) is 3.30. The van der Waals surface area contributed by atoms with Crippen molar-refractivity contribution < 1.29 is 4.74 Å². The van der Waals surface area contributed by atoms with Crippen molar-refractivity contribution >= 4 is 28.8 Å². The van der Waals surface area contributed by atoms with Crippen LogP contribution >= 0.6 is 11.6 Å². The standard InChI is InChI=1S/C14H17ClN4O/c1-3-6-20-14-12(16)13(17-8-18-14)19-10-5-4-9(2)11(15)7-10/h4-5,7-8H,3,6,16H2,1-2H3,(H,17,18,19). The molecule has 5 nitrogen and oxygen atoms in total. The van der Waals surface area contributed by atoms with Crippen molar-refractivity contribution in [3.05, 3.63) is 35.1 Å². The number of nitrogen functional groups attached to an aromatic ring is 1. The third-order valence-corrected chi connectivity index (χ3v) is 3.13. The predicted molar refractivity (Wildman–Crippen MR) is 81.7 cm³/mol. The van der Waals surface area contributed by atoms with E-state index in [1.54, 1.807) is 0 Å². The molecule has 2 rings (SSSR count). The zero-order valence-corrected chi connectivity index (χ0v) is 12.2. The molecule has 20 heavy (non-hydrogen) atoms. The van der Waals surface area contributed by atoms with Crippen molar-refractivity contribution in [1.29, 1.82) is 0 Å². The second-order valence-corrected chi connectivity index (χ2v) is 4.79. The van der Waals surface area contributed by atoms with Gasteiger partial charge in [0.05, 0.1) is 6.61 Å². The summed E-state index contributed by atoms with van der Waals surface area (Å²) < 4.78 is 5.46. The van der Waals surface area contributed by atoms with Crippen LogP contribution in [0.5, 0.6) is 5.88 Å². The van der Waals surface area contributed by atoms with Gasteiger partial charge in [-0.05, 0) is 31.0 Å². The Hall–Kier alpha value is -2.01. The number of halogens is 1. The molecule has 1 heterocycles. The zero-order chi connectivity index (χ0) is 14.5. The number of rotatable bonds is 5. The van der Waals surface area contributed by atoms with Gasteiger partial charge < -0.3 is 15.8 Å². The van der Waals surface area contributed by atoms with Gasteiger partial charge in [0, 0.05) is 10.7 Å². The molecular formula is C14H17ClN4O. The van der Waals surface area contributed by atoms with Crippen LogP contribution in [0.1, 0.15) is 18.9 Å². The van der Waals surface area contributed by atoms with Crippen LogP contribution < -0.4 is 15.8 Å². The molecule has 0 saturated heterocycles. The largest absolute Gasteiger partial charge is 0.476 e. The lowest BCUT2D eigenvalue weighted by molar-refractivity contribution is 0.307. The first-order valence-corrected chi connectivity index (χ1v) is 6.76. The normalized spacial score (nSPS) is 10.3. The number of ether oxygens (including phenoxy) is 1. The second-order valence-electron chi connectivity index (χ2n) is 4.38. The van der Waals surface area contributed by atoms with Gasteiger partial charge in [-0.15, -0.1) is 0 Å². The van der Waals surface area contributed by atoms with Crippen LogP contribution in [-0.4, -0.2) is 16.6 Å². The molecular weight excluding hydrogens is 276 g/mol. The van der Waals surface area contributed by atoms with Crippen molar-refractivity contribution in [2.24, 2.45) is 0 Å². The highest BCUT2D eigenvalue weighted by Gasteiger charge is 2.09. The van der Waals surface area contributed by atoms with E-state index in [-0.39, 0.29) is 0 Å². The van der Waals surface area contributed by atoms with Crippen LogP contribution in [0.15, 0.2) is 24.5 Å². The number of hydrogen-bond donors (Lipinski definition) is 2. The summed E-state index contributed by atoms with van der Waals surface area (Å²) >= 11 is 6.09. The van der Waals surface area contributed by atoms with Crippen LogP contribution in [-0.2, 0) is 0 Å². The monoisotopic (exact) mass is 292 g/mol. The van der Waals surface area contributed by atoms with Crippen LogP contribution in [0.25, 0.3) is 0 Å². The summed E-state index contributed by atoms with van der Waals surface area (Å²) in [6, 6.07) is 5.66. The van der Waals surface area contributed by atoms with Crippen molar-refractivity contribution in [3.63, 3.8) is 0 Å². The van der Waals surface area contributed by atoms with Gasteiger partial charge in [-0.2, -0.15) is 4.98 Å². The van der Waals surface area contributed by atoms with Gasteiger partial charge in [-0.3, -0.25) is 0 Å². The van der Waals surface area contributed by atoms with Gasteiger partial charge in [0.25, 0.3) is 0 Å². The molecule has 0 aliphatic heterocycles. The fraction of sp³-hybridized carbons (Fsp3) is 0.286. The molecule has 6 heteroatoms. The maximum absolute atomic E-state index is 6.09. The first kappa shape index (κ1) is 14.4. The molecule has 0 amide bonds. The number of aromatic nitrogens is 2. The molecule has 0 bridgehead atoms. The lowest BCUT2D eigenvalue weighted by Crippen LogP contribution is -2.05. The summed E-state index contributed by atoms with van der Waals surface area (Å²) in [7, 11) is 0. The SMILES string of the molecule is CCCOc1ncnc(Nc2ccc(C)c(Cl)c2)c1N. The lowest BCUT2D eigenvalue weighted by atomic mass is 10.2. The molecule has 2 aromatic rings. The minimum atomic E-state index is 0.387. The van der Waals surface area contributed by atoms with Crippen LogP contribution in [0, 0.1) is 6.92 Å². The Morgan fingerprint density at radius 1 is 1.35 bits per heavy atom. The maximum Gasteiger partial charge on any atom is 0.242 e. The Morgan fingerprint density at radius 2 is 2.15 bits per heavy atom. The van der Waals surface area contributed by atoms with Crippen molar-refractivity contribution in [3.8, 4) is 5.88 Å². The average Bonchev–Trinajstić information content (AvgIpc) is 2.44. The van der Waals surface area contributed by atoms with E-state index in [0.29, 0.717) is 29.0 Å². The molecule has 0 aliphatic carbocycles. The Labute approximate surface area is 123 Å². The molecule has 0 saturated carbocycles. The third-order valence-electron chi connectivity index (χ3n) is 2.72. The summed E-state index contributed by atoms with van der Waals surface area (Å²) in [6.07, 6.45) is 2.30. The summed E-state index contributed by atoms with van der Waals surface area (Å²) in [6.45, 7) is 4.53. The number of nitrogens with one attached hydrogen (secondary N) is 1. The number of benzene rings is 1. The predicted octanol–water partition coefficient (Wildman–Crippen LogP) is 3.55. The van der Waals surface area contributed by atoms with Crippen LogP contribution in [0.2, 0.25) is 5.02 Å². The molecule has 3 N–H and O–H groups in total. The lowest BCUT2D eigenvalue weighted by Gasteiger charge is -2.12. The summed E-state index contributed by atoms with van der Waals surface area (Å²) in [5.41, 5.74) is 8.21. The Balaban J connectivity index is 2.22. The second kappa shape index (κ2) is 6.43. The first-order chi connectivity index (χ1) is 9.61. The Morgan fingerprint density at radius 3 is 2.85 bits per heavy atom. The minimum Gasteiger partial charge on any atom is -0.476 e. The van der Waals surface area contributed by atoms with Crippen molar-refractivity contribution in [2.45, 2.75) is 20.3 Å². The van der Waals surface area contributed by atoms with E-state index in [2.05, 4.69) is 15.3 Å². The maximum atomic E-state index is 6.09. The van der Waals surface area contributed by atoms with Gasteiger partial charge in [0.1, 0.15) is 12.0 Å². The topological polar surface area (TPSA) is 73.1 Å². The number of aryl methyl sites for hydroxylation is 1. The molecule has 1 aromatic heterocycles. The number of nitrogens with two attached hydrogens (primary N) is 1. The summed E-state index contributed by atoms with van der Waals surface area (Å²) in [5, 5.41) is 3.80. The molecule has 106 valence electrons. The van der Waals surface area contributed by atoms with Crippen molar-refractivity contribution in [1.82, 2.24) is 9.97 Å². The van der Waals surface area contributed by atoms with Gasteiger partial charge >= 0.3 is 0 Å². The summed E-state index contributed by atoms with van der Waals surface area (Å²) in [4.78, 5) is 8.15. The quantitative estimate of drug-likeness (QED) is 0.881. The smallest absolute Gasteiger partial charge is 0.242 e. The first-order valence-electron chi connectivity index (χ1n) is 6.38. The molecule has 0 unspecified atom stereocenters. The molecule has 0 atom stereocenters. The Bertz CT molecular complexity index is 604. The van der Waals surface area contributed by atoms with Gasteiger partial charge in [0.2, 0.25) is 5.88 Å². The van der Waals surface area contributed by atoms with E-state index in [0.717, 1.165) is 17.7 Å². The Kier molecular flexibility index (Phi) is 4.63. The van der Waals surface area contributed by atoms with Crippen molar-refractivity contribution in [2.75, 3.05) is 17.7 Å². The molecule has 0 radical (unpaired) electrons. The highest BCUT2D eigenvalue weighted by Crippen LogP contribution is 2.29. The molecule has 1 aromatic carbocycles. The molecule has 0 spiro atoms. The summed E-state index contributed by atoms with van der Waals surface area (Å²) in [5.74, 6) is 0.897. The number of anilines is 3. The van der Waals surface area contributed by atoms with Gasteiger partial charge in [0.15, 0.2) is 5.82 Å². The van der Waals surface area contributed by atoms with E-state index in [1.165, 1.54) is 6.33 Å². The van der Waals surface area contributed by atoms with E-state index < -0.39 is 0 Å². The fourth-order valence-electron chi connectivity index (χ4n) is 1.60. The van der Waals surface area contributed by atoms with Crippen LogP contribution in [0.3, 0.4) is 0 Å². The van der Waals surface area contributed by atoms with E-state index >= 15 is 0 Å². The number of nitrogens with zero attached hydrogens (tertiary/aromatic N) is 2. The van der Waals surface area contributed by atoms with E-state index in [4.69, 9.17) is 22.1 Å². The number of hydrogen-bond acceptors (Lipinski definition) is 5. The highest BCUT2D eigenvalue weighted by atomic mass is 35.5. The average molecular weight is 293 g/mol. The molecule has 0 fully saturated rings.